The Balaban J connectivity index is 1.60. The van der Waals surface area contributed by atoms with Gasteiger partial charge in [0.15, 0.2) is 5.11 Å². The van der Waals surface area contributed by atoms with Crippen molar-refractivity contribution in [3.8, 4) is 17.6 Å². The van der Waals surface area contributed by atoms with Crippen LogP contribution in [0.1, 0.15) is 16.7 Å². The van der Waals surface area contributed by atoms with Gasteiger partial charge in [0.1, 0.15) is 23.4 Å². The fourth-order valence-electron chi connectivity index (χ4n) is 3.28. The number of anilines is 2. The second-order valence-electron chi connectivity index (χ2n) is 7.02. The van der Waals surface area contributed by atoms with E-state index in [0.29, 0.717) is 41.1 Å². The molecule has 160 valence electrons. The van der Waals surface area contributed by atoms with E-state index in [-0.39, 0.29) is 0 Å². The van der Waals surface area contributed by atoms with Crippen molar-refractivity contribution in [3.05, 3.63) is 53.1 Å². The van der Waals surface area contributed by atoms with Gasteiger partial charge in [0.05, 0.1) is 31.0 Å². The van der Waals surface area contributed by atoms with Crippen LogP contribution in [0.15, 0.2) is 36.4 Å². The van der Waals surface area contributed by atoms with Gasteiger partial charge in [-0.15, -0.1) is 0 Å². The Morgan fingerprint density at radius 2 is 1.90 bits per heavy atom. The molecule has 0 unspecified atom stereocenters. The van der Waals surface area contributed by atoms with E-state index < -0.39 is 0 Å². The maximum atomic E-state index is 9.52. The number of nitriles is 1. The van der Waals surface area contributed by atoms with Crippen molar-refractivity contribution in [2.24, 2.45) is 0 Å². The Hall–Kier alpha value is -3.57. The molecule has 0 aliphatic heterocycles. The van der Waals surface area contributed by atoms with Crippen LogP contribution in [0.4, 0.5) is 11.5 Å². The van der Waals surface area contributed by atoms with E-state index in [1.165, 1.54) is 0 Å². The van der Waals surface area contributed by atoms with E-state index in [4.69, 9.17) is 21.7 Å². The number of nitrogens with one attached hydrogen (secondary N) is 3. The quantitative estimate of drug-likeness (QED) is 0.377. The minimum atomic E-state index is 0.462. The van der Waals surface area contributed by atoms with E-state index in [0.717, 1.165) is 27.7 Å². The lowest BCUT2D eigenvalue weighted by Crippen LogP contribution is -2.32. The molecule has 1 aromatic heterocycles. The van der Waals surface area contributed by atoms with Crippen molar-refractivity contribution < 1.29 is 9.47 Å². The van der Waals surface area contributed by atoms with Gasteiger partial charge in [0.25, 0.3) is 0 Å². The molecule has 0 aliphatic rings. The van der Waals surface area contributed by atoms with Gasteiger partial charge < -0.3 is 25.4 Å². The summed E-state index contributed by atoms with van der Waals surface area (Å²) in [5.41, 5.74) is 4.37. The molecule has 0 bridgehead atoms. The van der Waals surface area contributed by atoms with Crippen molar-refractivity contribution in [1.29, 1.82) is 5.26 Å². The van der Waals surface area contributed by atoms with Crippen LogP contribution in [-0.2, 0) is 0 Å². The standard InChI is InChI=1S/C23H25N5O2S/c1-14-9-15(2)18-11-16(13-24)22(27-20(18)10-14)25-7-8-26-23(31)28-19-6-5-17(29-3)12-21(19)30-4/h5-6,9-12H,7-8H2,1-4H3,(H,25,27)(H2,26,28,31). The van der Waals surface area contributed by atoms with Crippen molar-refractivity contribution in [1.82, 2.24) is 10.3 Å². The lowest BCUT2D eigenvalue weighted by molar-refractivity contribution is 0.395. The van der Waals surface area contributed by atoms with Gasteiger partial charge in [-0.05, 0) is 61.5 Å². The maximum absolute atomic E-state index is 9.52. The van der Waals surface area contributed by atoms with Gasteiger partial charge in [-0.25, -0.2) is 4.98 Å². The molecule has 0 aliphatic carbocycles. The average molecular weight is 436 g/mol. The fraction of sp³-hybridized carbons (Fsp3) is 0.261. The molecule has 3 rings (SSSR count). The number of benzene rings is 2. The number of aryl methyl sites for hydroxylation is 2. The Kier molecular flexibility index (Phi) is 7.11. The number of nitrogens with zero attached hydrogens (tertiary/aromatic N) is 2. The Morgan fingerprint density at radius 1 is 1.10 bits per heavy atom. The minimum Gasteiger partial charge on any atom is -0.497 e. The number of methoxy groups -OCH3 is 2. The molecule has 0 saturated heterocycles. The highest BCUT2D eigenvalue weighted by atomic mass is 32.1. The van der Waals surface area contributed by atoms with Crippen LogP contribution in [0.2, 0.25) is 0 Å². The van der Waals surface area contributed by atoms with E-state index in [1.54, 1.807) is 20.3 Å². The number of pyridine rings is 1. The zero-order chi connectivity index (χ0) is 22.4. The first-order valence-corrected chi connectivity index (χ1v) is 10.2. The summed E-state index contributed by atoms with van der Waals surface area (Å²) >= 11 is 5.37. The summed E-state index contributed by atoms with van der Waals surface area (Å²) in [7, 11) is 3.19. The van der Waals surface area contributed by atoms with Crippen LogP contribution in [0.5, 0.6) is 11.5 Å². The number of rotatable bonds is 7. The predicted molar refractivity (Wildman–Crippen MR) is 128 cm³/mol. The molecule has 3 aromatic rings. The number of hydrogen-bond acceptors (Lipinski definition) is 6. The molecule has 1 heterocycles. The highest BCUT2D eigenvalue weighted by Crippen LogP contribution is 2.29. The van der Waals surface area contributed by atoms with Crippen molar-refractivity contribution in [2.75, 3.05) is 37.9 Å². The summed E-state index contributed by atoms with van der Waals surface area (Å²) in [5.74, 6) is 1.90. The number of aromatic nitrogens is 1. The van der Waals surface area contributed by atoms with E-state index in [9.17, 15) is 5.26 Å². The van der Waals surface area contributed by atoms with Crippen LogP contribution < -0.4 is 25.4 Å². The van der Waals surface area contributed by atoms with Crippen LogP contribution in [0.3, 0.4) is 0 Å². The third-order valence-electron chi connectivity index (χ3n) is 4.77. The summed E-state index contributed by atoms with van der Waals surface area (Å²) in [5, 5.41) is 20.5. The zero-order valence-electron chi connectivity index (χ0n) is 18.0. The second kappa shape index (κ2) is 9.96. The predicted octanol–water partition coefficient (Wildman–Crippen LogP) is 4.14. The molecule has 0 radical (unpaired) electrons. The Bertz CT molecular complexity index is 1160. The van der Waals surface area contributed by atoms with Crippen LogP contribution in [0, 0.1) is 25.2 Å². The largest absolute Gasteiger partial charge is 0.497 e. The molecule has 2 aromatic carbocycles. The molecular formula is C23H25N5O2S. The number of fused-ring (bicyclic) bond motifs is 1. The first-order valence-electron chi connectivity index (χ1n) is 9.78. The van der Waals surface area contributed by atoms with Crippen LogP contribution in [0.25, 0.3) is 10.9 Å². The Morgan fingerprint density at radius 3 is 2.61 bits per heavy atom. The lowest BCUT2D eigenvalue weighted by atomic mass is 10.0. The molecule has 7 nitrogen and oxygen atoms in total. The second-order valence-corrected chi connectivity index (χ2v) is 7.43. The first kappa shape index (κ1) is 22.1. The zero-order valence-corrected chi connectivity index (χ0v) is 18.8. The van der Waals surface area contributed by atoms with Gasteiger partial charge in [0, 0.05) is 24.5 Å². The summed E-state index contributed by atoms with van der Waals surface area (Å²) < 4.78 is 10.6. The monoisotopic (exact) mass is 435 g/mol. The van der Waals surface area contributed by atoms with Crippen molar-refractivity contribution in [3.63, 3.8) is 0 Å². The molecule has 3 N–H and O–H groups in total. The average Bonchev–Trinajstić information content (AvgIpc) is 2.76. The fourth-order valence-corrected chi connectivity index (χ4v) is 3.49. The highest BCUT2D eigenvalue weighted by molar-refractivity contribution is 7.80. The normalized spacial score (nSPS) is 10.3. The highest BCUT2D eigenvalue weighted by Gasteiger charge is 2.10. The molecule has 0 saturated carbocycles. The maximum Gasteiger partial charge on any atom is 0.170 e. The summed E-state index contributed by atoms with van der Waals surface area (Å²) in [4.78, 5) is 4.65. The van der Waals surface area contributed by atoms with Crippen molar-refractivity contribution in [2.45, 2.75) is 13.8 Å². The summed E-state index contributed by atoms with van der Waals surface area (Å²) in [6.07, 6.45) is 0. The summed E-state index contributed by atoms with van der Waals surface area (Å²) in [6.45, 7) is 5.15. The van der Waals surface area contributed by atoms with Gasteiger partial charge in [0.2, 0.25) is 0 Å². The number of hydrogen-bond donors (Lipinski definition) is 3. The van der Waals surface area contributed by atoms with Crippen LogP contribution >= 0.6 is 12.2 Å². The third kappa shape index (κ3) is 5.32. The van der Waals surface area contributed by atoms with Gasteiger partial charge in [-0.2, -0.15) is 5.26 Å². The minimum absolute atomic E-state index is 0.462. The molecule has 0 spiro atoms. The van der Waals surface area contributed by atoms with Crippen LogP contribution in [-0.4, -0.2) is 37.4 Å². The SMILES string of the molecule is COc1ccc(NC(=S)NCCNc2nc3cc(C)cc(C)c3cc2C#N)c(OC)c1. The summed E-state index contributed by atoms with van der Waals surface area (Å²) in [6, 6.07) is 13.7. The van der Waals surface area contributed by atoms with Crippen molar-refractivity contribution >= 4 is 39.7 Å². The molecular weight excluding hydrogens is 410 g/mol. The molecule has 0 amide bonds. The first-order chi connectivity index (χ1) is 14.9. The van der Waals surface area contributed by atoms with E-state index in [2.05, 4.69) is 33.1 Å². The lowest BCUT2D eigenvalue weighted by Gasteiger charge is -2.15. The van der Waals surface area contributed by atoms with E-state index in [1.807, 2.05) is 38.1 Å². The number of ether oxygens (including phenoxy) is 2. The number of thiocarbonyl (C=S) groups is 1. The molecule has 0 fully saturated rings. The third-order valence-corrected chi connectivity index (χ3v) is 5.01. The molecule has 31 heavy (non-hydrogen) atoms. The van der Waals surface area contributed by atoms with Gasteiger partial charge in [-0.1, -0.05) is 6.07 Å². The molecule has 0 atom stereocenters. The smallest absolute Gasteiger partial charge is 0.170 e. The molecule has 8 heteroatoms. The topological polar surface area (TPSA) is 91.2 Å². The van der Waals surface area contributed by atoms with Gasteiger partial charge in [-0.3, -0.25) is 0 Å². The Labute approximate surface area is 187 Å². The van der Waals surface area contributed by atoms with E-state index >= 15 is 0 Å². The van der Waals surface area contributed by atoms with Gasteiger partial charge >= 0.3 is 0 Å².